The monoisotopic (exact) mass is 337 g/mol. The van der Waals surface area contributed by atoms with E-state index < -0.39 is 0 Å². The number of rotatable bonds is 4. The summed E-state index contributed by atoms with van der Waals surface area (Å²) in [5.41, 5.74) is -0.341. The normalized spacial score (nSPS) is 17.8. The number of hydrogen-bond donors (Lipinski definition) is 1. The molecule has 0 bridgehead atoms. The summed E-state index contributed by atoms with van der Waals surface area (Å²) in [6.45, 7) is 11.2. The first kappa shape index (κ1) is 17.9. The van der Waals surface area contributed by atoms with Crippen molar-refractivity contribution < 1.29 is 9.59 Å². The van der Waals surface area contributed by atoms with E-state index in [2.05, 4.69) is 10.2 Å². The highest BCUT2D eigenvalue weighted by molar-refractivity contribution is 7.09. The minimum absolute atomic E-state index is 0.0500. The fraction of sp³-hybridized carbons (Fsp3) is 0.647. The van der Waals surface area contributed by atoms with Crippen LogP contribution in [0.4, 0.5) is 0 Å². The highest BCUT2D eigenvalue weighted by Crippen LogP contribution is 2.19. The molecule has 1 saturated heterocycles. The number of piperazine rings is 1. The molecule has 0 aliphatic carbocycles. The van der Waals surface area contributed by atoms with Gasteiger partial charge in [-0.25, -0.2) is 0 Å². The zero-order valence-corrected chi connectivity index (χ0v) is 15.3. The first-order valence-electron chi connectivity index (χ1n) is 8.12. The van der Waals surface area contributed by atoms with Gasteiger partial charge in [0.15, 0.2) is 0 Å². The minimum atomic E-state index is -0.341. The predicted octanol–water partition coefficient (Wildman–Crippen LogP) is 1.94. The summed E-state index contributed by atoms with van der Waals surface area (Å²) < 4.78 is 0. The van der Waals surface area contributed by atoms with E-state index in [4.69, 9.17) is 0 Å². The molecule has 0 spiro atoms. The summed E-state index contributed by atoms with van der Waals surface area (Å²) >= 11 is 1.65. The average Bonchev–Trinajstić information content (AvgIpc) is 3.04. The van der Waals surface area contributed by atoms with Crippen LogP contribution in [0.1, 0.15) is 32.6 Å². The molecular formula is C17H27N3O2S. The number of carbonyl (C=O) groups is 2. The Morgan fingerprint density at radius 1 is 1.26 bits per heavy atom. The summed E-state index contributed by atoms with van der Waals surface area (Å²) in [5, 5.41) is 5.00. The standard InChI is InChI=1S/C17H27N3O2S/c1-13(15(21)18-12-14-6-5-11-23-14)19-7-9-20(10-8-19)16(22)17(2,3)4/h5-6,11,13H,7-10,12H2,1-4H3,(H,18,21). The molecule has 1 aromatic rings. The summed E-state index contributed by atoms with van der Waals surface area (Å²) in [6, 6.07) is 3.84. The average molecular weight is 337 g/mol. The first-order chi connectivity index (χ1) is 10.8. The molecule has 1 atom stereocenters. The Labute approximate surface area is 142 Å². The van der Waals surface area contributed by atoms with Gasteiger partial charge in [-0.15, -0.1) is 11.3 Å². The predicted molar refractivity (Wildman–Crippen MR) is 93.2 cm³/mol. The van der Waals surface area contributed by atoms with Crippen molar-refractivity contribution >= 4 is 23.2 Å². The van der Waals surface area contributed by atoms with Crippen LogP contribution in [0, 0.1) is 5.41 Å². The molecule has 0 radical (unpaired) electrons. The summed E-state index contributed by atoms with van der Waals surface area (Å²) in [6.07, 6.45) is 0. The van der Waals surface area contributed by atoms with Gasteiger partial charge < -0.3 is 10.2 Å². The van der Waals surface area contributed by atoms with Crippen LogP contribution < -0.4 is 5.32 Å². The molecular weight excluding hydrogens is 310 g/mol. The van der Waals surface area contributed by atoms with Gasteiger partial charge >= 0.3 is 0 Å². The van der Waals surface area contributed by atoms with Gasteiger partial charge in [-0.05, 0) is 18.4 Å². The molecule has 2 rings (SSSR count). The third-order valence-corrected chi connectivity index (χ3v) is 5.06. The molecule has 1 N–H and O–H groups in total. The van der Waals surface area contributed by atoms with Crippen molar-refractivity contribution in [3.05, 3.63) is 22.4 Å². The van der Waals surface area contributed by atoms with E-state index in [1.165, 1.54) is 0 Å². The van der Waals surface area contributed by atoms with Gasteiger partial charge in [-0.1, -0.05) is 26.8 Å². The first-order valence-corrected chi connectivity index (χ1v) is 9.00. The number of carbonyl (C=O) groups excluding carboxylic acids is 2. The van der Waals surface area contributed by atoms with E-state index in [0.717, 1.165) is 18.0 Å². The Balaban J connectivity index is 1.79. The van der Waals surface area contributed by atoms with Gasteiger partial charge in [-0.3, -0.25) is 14.5 Å². The maximum atomic E-state index is 12.3. The molecule has 1 aliphatic heterocycles. The van der Waals surface area contributed by atoms with Crippen LogP contribution in [-0.4, -0.2) is 53.8 Å². The second-order valence-corrected chi connectivity index (χ2v) is 8.08. The molecule has 2 heterocycles. The van der Waals surface area contributed by atoms with Gasteiger partial charge in [0.1, 0.15) is 0 Å². The lowest BCUT2D eigenvalue weighted by molar-refractivity contribution is -0.142. The van der Waals surface area contributed by atoms with Crippen LogP contribution in [0.25, 0.3) is 0 Å². The Bertz CT molecular complexity index is 529. The van der Waals surface area contributed by atoms with Crippen LogP contribution in [0.3, 0.4) is 0 Å². The zero-order chi connectivity index (χ0) is 17.0. The smallest absolute Gasteiger partial charge is 0.237 e. The van der Waals surface area contributed by atoms with Crippen molar-refractivity contribution in [1.82, 2.24) is 15.1 Å². The molecule has 23 heavy (non-hydrogen) atoms. The fourth-order valence-electron chi connectivity index (χ4n) is 2.69. The van der Waals surface area contributed by atoms with Crippen molar-refractivity contribution in [2.45, 2.75) is 40.3 Å². The van der Waals surface area contributed by atoms with E-state index in [9.17, 15) is 9.59 Å². The fourth-order valence-corrected chi connectivity index (χ4v) is 3.33. The van der Waals surface area contributed by atoms with E-state index in [1.54, 1.807) is 11.3 Å². The topological polar surface area (TPSA) is 52.7 Å². The van der Waals surface area contributed by atoms with Crippen LogP contribution in [0.2, 0.25) is 0 Å². The van der Waals surface area contributed by atoms with Crippen molar-refractivity contribution in [3.63, 3.8) is 0 Å². The van der Waals surface area contributed by atoms with E-state index in [0.29, 0.717) is 19.6 Å². The molecule has 1 aliphatic rings. The van der Waals surface area contributed by atoms with Gasteiger partial charge in [0.25, 0.3) is 0 Å². The second kappa shape index (κ2) is 7.45. The lowest BCUT2D eigenvalue weighted by atomic mass is 9.94. The van der Waals surface area contributed by atoms with Crippen LogP contribution in [-0.2, 0) is 16.1 Å². The molecule has 1 unspecified atom stereocenters. The molecule has 1 fully saturated rings. The Kier molecular flexibility index (Phi) is 5.81. The lowest BCUT2D eigenvalue weighted by Gasteiger charge is -2.39. The van der Waals surface area contributed by atoms with E-state index in [-0.39, 0.29) is 23.3 Å². The third kappa shape index (κ3) is 4.78. The molecule has 2 amide bonds. The van der Waals surface area contributed by atoms with Gasteiger partial charge in [0.05, 0.1) is 12.6 Å². The summed E-state index contributed by atoms with van der Waals surface area (Å²) in [7, 11) is 0. The van der Waals surface area contributed by atoms with Gasteiger partial charge in [0, 0.05) is 36.5 Å². The maximum Gasteiger partial charge on any atom is 0.237 e. The van der Waals surface area contributed by atoms with Gasteiger partial charge in [-0.2, -0.15) is 0 Å². The largest absolute Gasteiger partial charge is 0.350 e. The lowest BCUT2D eigenvalue weighted by Crippen LogP contribution is -2.56. The Hall–Kier alpha value is -1.40. The molecule has 5 nitrogen and oxygen atoms in total. The SMILES string of the molecule is CC(C(=O)NCc1cccs1)N1CCN(C(=O)C(C)(C)C)CC1. The number of hydrogen-bond acceptors (Lipinski definition) is 4. The number of nitrogens with one attached hydrogen (secondary N) is 1. The molecule has 0 aromatic carbocycles. The van der Waals surface area contributed by atoms with Crippen LogP contribution >= 0.6 is 11.3 Å². The van der Waals surface area contributed by atoms with E-state index >= 15 is 0 Å². The van der Waals surface area contributed by atoms with Crippen LogP contribution in [0.15, 0.2) is 17.5 Å². The van der Waals surface area contributed by atoms with E-state index in [1.807, 2.05) is 50.1 Å². The third-order valence-electron chi connectivity index (χ3n) is 4.19. The van der Waals surface area contributed by atoms with Gasteiger partial charge in [0.2, 0.25) is 11.8 Å². The quantitative estimate of drug-likeness (QED) is 0.913. The summed E-state index contributed by atoms with van der Waals surface area (Å²) in [4.78, 5) is 29.8. The van der Waals surface area contributed by atoms with Crippen molar-refractivity contribution in [3.8, 4) is 0 Å². The number of nitrogens with zero attached hydrogens (tertiary/aromatic N) is 2. The number of amides is 2. The summed E-state index contributed by atoms with van der Waals surface area (Å²) in [5.74, 6) is 0.237. The van der Waals surface area contributed by atoms with Crippen LogP contribution in [0.5, 0.6) is 0 Å². The molecule has 6 heteroatoms. The zero-order valence-electron chi connectivity index (χ0n) is 14.5. The Morgan fingerprint density at radius 2 is 1.91 bits per heavy atom. The maximum absolute atomic E-state index is 12.3. The minimum Gasteiger partial charge on any atom is -0.350 e. The van der Waals surface area contributed by atoms with Crippen molar-refractivity contribution in [2.75, 3.05) is 26.2 Å². The molecule has 0 saturated carbocycles. The van der Waals surface area contributed by atoms with Crippen molar-refractivity contribution in [2.24, 2.45) is 5.41 Å². The molecule has 1 aromatic heterocycles. The highest BCUT2D eigenvalue weighted by atomic mass is 32.1. The highest BCUT2D eigenvalue weighted by Gasteiger charge is 2.32. The Morgan fingerprint density at radius 3 is 2.43 bits per heavy atom. The number of thiophene rings is 1. The second-order valence-electron chi connectivity index (χ2n) is 7.05. The molecule has 128 valence electrons. The van der Waals surface area contributed by atoms with Crippen molar-refractivity contribution in [1.29, 1.82) is 0 Å².